The summed E-state index contributed by atoms with van der Waals surface area (Å²) in [5, 5.41) is 3.18. The Hall–Kier alpha value is -1.39. The van der Waals surface area contributed by atoms with Crippen molar-refractivity contribution in [3.8, 4) is 0 Å². The van der Waals surface area contributed by atoms with Crippen molar-refractivity contribution in [1.82, 2.24) is 10.2 Å². The Kier molecular flexibility index (Phi) is 5.90. The van der Waals surface area contributed by atoms with Crippen molar-refractivity contribution < 1.29 is 4.79 Å². The van der Waals surface area contributed by atoms with Gasteiger partial charge in [-0.1, -0.05) is 36.2 Å². The molecule has 4 nitrogen and oxygen atoms in total. The van der Waals surface area contributed by atoms with E-state index in [1.165, 1.54) is 30.4 Å². The van der Waals surface area contributed by atoms with Crippen LogP contribution in [-0.4, -0.2) is 36.5 Å². The summed E-state index contributed by atoms with van der Waals surface area (Å²) in [6.45, 7) is 5.06. The molecule has 2 fully saturated rings. The Bertz CT molecular complexity index is 536. The van der Waals surface area contributed by atoms with Crippen LogP contribution in [0.2, 0.25) is 0 Å². The molecular weight excluding hydrogens is 298 g/mol. The van der Waals surface area contributed by atoms with E-state index in [9.17, 15) is 4.79 Å². The van der Waals surface area contributed by atoms with Gasteiger partial charge in [-0.3, -0.25) is 9.69 Å². The first-order valence-electron chi connectivity index (χ1n) is 9.46. The molecule has 0 aromatic heterocycles. The van der Waals surface area contributed by atoms with E-state index in [-0.39, 0.29) is 18.0 Å². The number of aryl methyl sites for hydroxylation is 1. The molecule has 3 rings (SSSR count). The molecule has 1 aromatic carbocycles. The van der Waals surface area contributed by atoms with Crippen molar-refractivity contribution in [2.75, 3.05) is 19.6 Å². The minimum atomic E-state index is 0.161. The zero-order chi connectivity index (χ0) is 16.9. The van der Waals surface area contributed by atoms with Gasteiger partial charge in [0, 0.05) is 19.0 Å². The smallest absolute Gasteiger partial charge is 0.220 e. The Morgan fingerprint density at radius 3 is 2.54 bits per heavy atom. The van der Waals surface area contributed by atoms with Crippen LogP contribution in [0.1, 0.15) is 55.7 Å². The topological polar surface area (TPSA) is 58.4 Å². The first-order chi connectivity index (χ1) is 11.6. The van der Waals surface area contributed by atoms with Gasteiger partial charge in [0.2, 0.25) is 5.91 Å². The number of carbonyl (C=O) groups is 1. The number of nitrogens with zero attached hydrogens (tertiary/aromatic N) is 1. The fraction of sp³-hybridized carbons (Fsp3) is 0.650. The van der Waals surface area contributed by atoms with Gasteiger partial charge >= 0.3 is 0 Å². The minimum Gasteiger partial charge on any atom is -0.354 e. The molecule has 0 bridgehead atoms. The number of nitrogens with two attached hydrogens (primary N) is 1. The molecule has 4 heteroatoms. The van der Waals surface area contributed by atoms with Gasteiger partial charge in [-0.25, -0.2) is 0 Å². The van der Waals surface area contributed by atoms with E-state index in [2.05, 4.69) is 41.4 Å². The molecule has 1 unspecified atom stereocenters. The van der Waals surface area contributed by atoms with Crippen molar-refractivity contribution in [2.24, 2.45) is 11.7 Å². The highest BCUT2D eigenvalue weighted by atomic mass is 16.1. The van der Waals surface area contributed by atoms with Gasteiger partial charge in [0.05, 0.1) is 6.04 Å². The van der Waals surface area contributed by atoms with Crippen LogP contribution in [0.25, 0.3) is 0 Å². The molecule has 2 aliphatic rings. The Morgan fingerprint density at radius 2 is 1.92 bits per heavy atom. The lowest BCUT2D eigenvalue weighted by Gasteiger charge is -2.28. The summed E-state index contributed by atoms with van der Waals surface area (Å²) >= 11 is 0. The van der Waals surface area contributed by atoms with Gasteiger partial charge in [0.15, 0.2) is 0 Å². The lowest BCUT2D eigenvalue weighted by molar-refractivity contribution is -0.122. The van der Waals surface area contributed by atoms with Crippen LogP contribution < -0.4 is 11.1 Å². The van der Waals surface area contributed by atoms with Crippen LogP contribution in [0.5, 0.6) is 0 Å². The first kappa shape index (κ1) is 17.4. The highest BCUT2D eigenvalue weighted by Crippen LogP contribution is 2.27. The summed E-state index contributed by atoms with van der Waals surface area (Å²) in [5.74, 6) is 0.531. The molecule has 0 spiro atoms. The normalized spacial score (nSPS) is 25.8. The molecule has 3 N–H and O–H groups in total. The fourth-order valence-electron chi connectivity index (χ4n) is 4.14. The molecule has 3 atom stereocenters. The zero-order valence-corrected chi connectivity index (χ0v) is 14.8. The number of nitrogens with one attached hydrogen (secondary N) is 1. The maximum Gasteiger partial charge on any atom is 0.220 e. The van der Waals surface area contributed by atoms with Crippen molar-refractivity contribution in [3.63, 3.8) is 0 Å². The molecule has 1 saturated carbocycles. The largest absolute Gasteiger partial charge is 0.354 e. The molecular formula is C20H31N3O. The molecule has 0 radical (unpaired) electrons. The molecule has 1 heterocycles. The third-order valence-electron chi connectivity index (χ3n) is 5.70. The lowest BCUT2D eigenvalue weighted by atomic mass is 9.99. The number of rotatable bonds is 6. The Morgan fingerprint density at radius 1 is 1.21 bits per heavy atom. The van der Waals surface area contributed by atoms with Gasteiger partial charge in [-0.05, 0) is 57.2 Å². The van der Waals surface area contributed by atoms with Gasteiger partial charge in [0.25, 0.3) is 0 Å². The highest BCUT2D eigenvalue weighted by molar-refractivity contribution is 5.76. The van der Waals surface area contributed by atoms with E-state index in [4.69, 9.17) is 5.73 Å². The van der Waals surface area contributed by atoms with E-state index in [1.54, 1.807) is 0 Å². The zero-order valence-electron chi connectivity index (χ0n) is 14.8. The van der Waals surface area contributed by atoms with E-state index in [0.717, 1.165) is 25.9 Å². The molecule has 1 saturated heterocycles. The third kappa shape index (κ3) is 4.37. The number of likely N-dealkylation sites (tertiary alicyclic amines) is 1. The summed E-state index contributed by atoms with van der Waals surface area (Å²) in [6.07, 6.45) is 6.43. The van der Waals surface area contributed by atoms with Crippen molar-refractivity contribution in [1.29, 1.82) is 0 Å². The second-order valence-electron chi connectivity index (χ2n) is 7.53. The Labute approximate surface area is 145 Å². The van der Waals surface area contributed by atoms with Crippen LogP contribution >= 0.6 is 0 Å². The molecule has 1 aliphatic carbocycles. The molecule has 132 valence electrons. The second kappa shape index (κ2) is 8.13. The van der Waals surface area contributed by atoms with Crippen molar-refractivity contribution in [2.45, 2.75) is 57.5 Å². The van der Waals surface area contributed by atoms with E-state index < -0.39 is 0 Å². The first-order valence-corrected chi connectivity index (χ1v) is 9.46. The van der Waals surface area contributed by atoms with Crippen LogP contribution in [0, 0.1) is 12.8 Å². The molecule has 24 heavy (non-hydrogen) atoms. The SMILES string of the molecule is Cc1ccc(C(CNC(=O)C[C@@H]2CCC[C@H]2N)N2CCCC2)cc1. The summed E-state index contributed by atoms with van der Waals surface area (Å²) < 4.78 is 0. The number of amides is 1. The van der Waals surface area contributed by atoms with Crippen LogP contribution in [0.3, 0.4) is 0 Å². The van der Waals surface area contributed by atoms with Gasteiger partial charge in [-0.2, -0.15) is 0 Å². The average Bonchev–Trinajstić information content (AvgIpc) is 3.22. The maximum absolute atomic E-state index is 12.4. The lowest BCUT2D eigenvalue weighted by Crippen LogP contribution is -2.38. The monoisotopic (exact) mass is 329 g/mol. The van der Waals surface area contributed by atoms with Crippen LogP contribution in [0.15, 0.2) is 24.3 Å². The standard InChI is InChI=1S/C20H31N3O/c1-15-7-9-16(10-8-15)19(23-11-2-3-12-23)14-22-20(24)13-17-5-4-6-18(17)21/h7-10,17-19H,2-6,11-14,21H2,1H3,(H,22,24)/t17-,18+,19?/m0/s1. The van der Waals surface area contributed by atoms with Gasteiger partial charge in [-0.15, -0.1) is 0 Å². The second-order valence-corrected chi connectivity index (χ2v) is 7.53. The van der Waals surface area contributed by atoms with Crippen LogP contribution in [-0.2, 0) is 4.79 Å². The number of carbonyl (C=O) groups excluding carboxylic acids is 1. The number of benzene rings is 1. The highest BCUT2D eigenvalue weighted by Gasteiger charge is 2.27. The number of hydrogen-bond donors (Lipinski definition) is 2. The van der Waals surface area contributed by atoms with Gasteiger partial charge < -0.3 is 11.1 Å². The quantitative estimate of drug-likeness (QED) is 0.844. The van der Waals surface area contributed by atoms with Gasteiger partial charge in [0.1, 0.15) is 0 Å². The predicted octanol–water partition coefficient (Wildman–Crippen LogP) is 2.77. The molecule has 1 aromatic rings. The summed E-state index contributed by atoms with van der Waals surface area (Å²) in [6, 6.07) is 9.24. The number of hydrogen-bond acceptors (Lipinski definition) is 3. The van der Waals surface area contributed by atoms with Crippen molar-refractivity contribution >= 4 is 5.91 Å². The Balaban J connectivity index is 1.59. The maximum atomic E-state index is 12.4. The average molecular weight is 329 g/mol. The van der Waals surface area contributed by atoms with Crippen LogP contribution in [0.4, 0.5) is 0 Å². The minimum absolute atomic E-state index is 0.161. The van der Waals surface area contributed by atoms with Crippen molar-refractivity contribution in [3.05, 3.63) is 35.4 Å². The summed E-state index contributed by atoms with van der Waals surface area (Å²) in [4.78, 5) is 14.9. The van der Waals surface area contributed by atoms with E-state index in [1.807, 2.05) is 0 Å². The van der Waals surface area contributed by atoms with E-state index >= 15 is 0 Å². The molecule has 1 amide bonds. The summed E-state index contributed by atoms with van der Waals surface area (Å²) in [5.41, 5.74) is 8.68. The molecule has 1 aliphatic heterocycles. The fourth-order valence-corrected chi connectivity index (χ4v) is 4.14. The third-order valence-corrected chi connectivity index (χ3v) is 5.70. The predicted molar refractivity (Wildman–Crippen MR) is 97.7 cm³/mol. The summed E-state index contributed by atoms with van der Waals surface area (Å²) in [7, 11) is 0. The van der Waals surface area contributed by atoms with E-state index in [0.29, 0.717) is 18.9 Å².